The minimum atomic E-state index is -0.352. The number of nitrogens with zero attached hydrogens (tertiary/aromatic N) is 1. The molecule has 140 valence electrons. The van der Waals surface area contributed by atoms with Crippen LogP contribution in [0.4, 0.5) is 5.69 Å². The van der Waals surface area contributed by atoms with Crippen LogP contribution in [0.3, 0.4) is 0 Å². The first-order valence-electron chi connectivity index (χ1n) is 9.68. The normalized spacial score (nSPS) is 20.4. The maximum Gasteiger partial charge on any atom is 0.235 e. The highest BCUT2D eigenvalue weighted by molar-refractivity contribution is 6.06. The van der Waals surface area contributed by atoms with Crippen molar-refractivity contribution in [2.24, 2.45) is 0 Å². The molecule has 5 rings (SSSR count). The number of carbonyl (C=O) groups excluding carboxylic acids is 1. The van der Waals surface area contributed by atoms with Crippen LogP contribution < -0.4 is 14.8 Å². The van der Waals surface area contributed by atoms with Crippen molar-refractivity contribution in [1.29, 1.82) is 0 Å². The van der Waals surface area contributed by atoms with E-state index in [1.807, 2.05) is 18.2 Å². The van der Waals surface area contributed by atoms with Gasteiger partial charge >= 0.3 is 0 Å². The first-order chi connectivity index (χ1) is 13.2. The Morgan fingerprint density at radius 3 is 2.56 bits per heavy atom. The summed E-state index contributed by atoms with van der Waals surface area (Å²) in [5.41, 5.74) is 4.30. The van der Waals surface area contributed by atoms with Gasteiger partial charge in [0.15, 0.2) is 11.5 Å². The smallest absolute Gasteiger partial charge is 0.235 e. The van der Waals surface area contributed by atoms with E-state index in [0.29, 0.717) is 13.2 Å². The Morgan fingerprint density at radius 1 is 1.07 bits per heavy atom. The molecular weight excluding hydrogens is 340 g/mol. The van der Waals surface area contributed by atoms with Crippen LogP contribution in [-0.2, 0) is 16.8 Å². The van der Waals surface area contributed by atoms with Gasteiger partial charge in [0.05, 0.1) is 5.41 Å². The highest BCUT2D eigenvalue weighted by Gasteiger charge is 2.48. The molecule has 0 aromatic heterocycles. The summed E-state index contributed by atoms with van der Waals surface area (Å²) in [7, 11) is 0. The van der Waals surface area contributed by atoms with Gasteiger partial charge in [-0.2, -0.15) is 0 Å². The van der Waals surface area contributed by atoms with E-state index in [9.17, 15) is 4.79 Å². The van der Waals surface area contributed by atoms with Gasteiger partial charge in [-0.05, 0) is 67.7 Å². The first kappa shape index (κ1) is 16.6. The Kier molecular flexibility index (Phi) is 3.86. The molecule has 1 saturated heterocycles. The minimum Gasteiger partial charge on any atom is -0.486 e. The number of piperidine rings is 1. The Hall–Kier alpha value is -2.53. The highest BCUT2D eigenvalue weighted by atomic mass is 16.6. The average Bonchev–Trinajstić information content (AvgIpc) is 2.96. The van der Waals surface area contributed by atoms with Gasteiger partial charge in [0.25, 0.3) is 0 Å². The van der Waals surface area contributed by atoms with Crippen LogP contribution in [-0.4, -0.2) is 37.1 Å². The van der Waals surface area contributed by atoms with Crippen molar-refractivity contribution in [3.8, 4) is 11.5 Å². The van der Waals surface area contributed by atoms with Gasteiger partial charge in [-0.15, -0.1) is 0 Å². The van der Waals surface area contributed by atoms with Crippen molar-refractivity contribution >= 4 is 11.6 Å². The number of ether oxygens (including phenoxy) is 2. The number of anilines is 1. The molecule has 27 heavy (non-hydrogen) atoms. The van der Waals surface area contributed by atoms with Gasteiger partial charge < -0.3 is 14.8 Å². The molecular formula is C22H24N2O3. The second-order valence-electron chi connectivity index (χ2n) is 7.78. The predicted octanol–water partition coefficient (Wildman–Crippen LogP) is 3.25. The van der Waals surface area contributed by atoms with Crippen molar-refractivity contribution in [3.63, 3.8) is 0 Å². The number of hydrogen-bond donors (Lipinski definition) is 1. The first-order valence-corrected chi connectivity index (χ1v) is 9.68. The van der Waals surface area contributed by atoms with Crippen molar-refractivity contribution < 1.29 is 14.3 Å². The lowest BCUT2D eigenvalue weighted by Crippen LogP contribution is -2.46. The predicted molar refractivity (Wildman–Crippen MR) is 103 cm³/mol. The summed E-state index contributed by atoms with van der Waals surface area (Å²) < 4.78 is 11.4. The molecule has 3 aliphatic rings. The summed E-state index contributed by atoms with van der Waals surface area (Å²) in [6.45, 7) is 6.05. The SMILES string of the molecule is Cc1cc2c(cc1CN1CCC3(CC1)C(=O)Nc1ccccc13)OCCO2. The Labute approximate surface area is 159 Å². The molecule has 3 heterocycles. The molecule has 2 aromatic carbocycles. The van der Waals surface area contributed by atoms with Crippen molar-refractivity contribution in [1.82, 2.24) is 4.90 Å². The monoisotopic (exact) mass is 364 g/mol. The van der Waals surface area contributed by atoms with E-state index in [-0.39, 0.29) is 11.3 Å². The standard InChI is InChI=1S/C22H24N2O3/c1-15-12-19-20(27-11-10-26-19)13-16(15)14-24-8-6-22(7-9-24)17-4-2-3-5-18(17)23-21(22)25/h2-5,12-13H,6-11,14H2,1H3,(H,23,25). The number of fused-ring (bicyclic) bond motifs is 3. The lowest BCUT2D eigenvalue weighted by atomic mass is 9.73. The number of benzene rings is 2. The van der Waals surface area contributed by atoms with Crippen LogP contribution in [0.2, 0.25) is 0 Å². The van der Waals surface area contributed by atoms with Gasteiger partial charge in [0, 0.05) is 12.2 Å². The number of amides is 1. The van der Waals surface area contributed by atoms with Crippen molar-refractivity contribution in [3.05, 3.63) is 53.1 Å². The summed E-state index contributed by atoms with van der Waals surface area (Å²) in [4.78, 5) is 15.2. The van der Waals surface area contributed by atoms with Gasteiger partial charge in [-0.3, -0.25) is 9.69 Å². The number of para-hydroxylation sites is 1. The molecule has 0 radical (unpaired) electrons. The third-order valence-corrected chi connectivity index (χ3v) is 6.23. The van der Waals surface area contributed by atoms with Crippen LogP contribution in [0.25, 0.3) is 0 Å². The third-order valence-electron chi connectivity index (χ3n) is 6.23. The zero-order chi connectivity index (χ0) is 18.4. The molecule has 0 unspecified atom stereocenters. The number of likely N-dealkylation sites (tertiary alicyclic amines) is 1. The van der Waals surface area contributed by atoms with Crippen LogP contribution in [0, 0.1) is 6.92 Å². The number of rotatable bonds is 2. The molecule has 3 aliphatic heterocycles. The van der Waals surface area contributed by atoms with E-state index < -0.39 is 0 Å². The topological polar surface area (TPSA) is 50.8 Å². The maximum atomic E-state index is 12.7. The van der Waals surface area contributed by atoms with Crippen LogP contribution in [0.5, 0.6) is 11.5 Å². The molecule has 5 nitrogen and oxygen atoms in total. The molecule has 0 bridgehead atoms. The summed E-state index contributed by atoms with van der Waals surface area (Å²) >= 11 is 0. The molecule has 0 atom stereocenters. The Bertz CT molecular complexity index is 900. The molecule has 2 aromatic rings. The van der Waals surface area contributed by atoms with Crippen molar-refractivity contribution in [2.75, 3.05) is 31.6 Å². The summed E-state index contributed by atoms with van der Waals surface area (Å²) in [5, 5.41) is 3.08. The number of aryl methyl sites for hydroxylation is 1. The molecule has 0 aliphatic carbocycles. The largest absolute Gasteiger partial charge is 0.486 e. The zero-order valence-electron chi connectivity index (χ0n) is 15.6. The number of carbonyl (C=O) groups is 1. The van der Waals surface area contributed by atoms with E-state index in [4.69, 9.17) is 9.47 Å². The molecule has 1 spiro atoms. The van der Waals surface area contributed by atoms with E-state index in [0.717, 1.165) is 49.7 Å². The van der Waals surface area contributed by atoms with Gasteiger partial charge in [-0.25, -0.2) is 0 Å². The summed E-state index contributed by atoms with van der Waals surface area (Å²) in [6.07, 6.45) is 1.72. The summed E-state index contributed by atoms with van der Waals surface area (Å²) in [6, 6.07) is 12.3. The van der Waals surface area contributed by atoms with E-state index in [2.05, 4.69) is 35.3 Å². The van der Waals surface area contributed by atoms with E-state index in [1.54, 1.807) is 0 Å². The Balaban J connectivity index is 1.33. The lowest BCUT2D eigenvalue weighted by molar-refractivity contribution is -0.122. The summed E-state index contributed by atoms with van der Waals surface area (Å²) in [5.74, 6) is 1.86. The molecule has 1 amide bonds. The molecule has 1 fully saturated rings. The van der Waals surface area contributed by atoms with Gasteiger partial charge in [0.2, 0.25) is 5.91 Å². The van der Waals surface area contributed by atoms with E-state index in [1.165, 1.54) is 16.7 Å². The van der Waals surface area contributed by atoms with Crippen LogP contribution >= 0.6 is 0 Å². The van der Waals surface area contributed by atoms with Crippen LogP contribution in [0.15, 0.2) is 36.4 Å². The molecule has 1 N–H and O–H groups in total. The highest BCUT2D eigenvalue weighted by Crippen LogP contribution is 2.45. The maximum absolute atomic E-state index is 12.7. The fourth-order valence-corrected chi connectivity index (χ4v) is 4.61. The molecule has 0 saturated carbocycles. The Morgan fingerprint density at radius 2 is 1.78 bits per heavy atom. The second kappa shape index (κ2) is 6.27. The second-order valence-corrected chi connectivity index (χ2v) is 7.78. The lowest BCUT2D eigenvalue weighted by Gasteiger charge is -2.38. The number of nitrogens with one attached hydrogen (secondary N) is 1. The van der Waals surface area contributed by atoms with E-state index >= 15 is 0 Å². The molecule has 5 heteroatoms. The fraction of sp³-hybridized carbons (Fsp3) is 0.409. The zero-order valence-corrected chi connectivity index (χ0v) is 15.6. The quantitative estimate of drug-likeness (QED) is 0.889. The van der Waals surface area contributed by atoms with Gasteiger partial charge in [0.1, 0.15) is 13.2 Å². The fourth-order valence-electron chi connectivity index (χ4n) is 4.61. The minimum absolute atomic E-state index is 0.166. The van der Waals surface area contributed by atoms with Crippen molar-refractivity contribution in [2.45, 2.75) is 31.7 Å². The number of hydrogen-bond acceptors (Lipinski definition) is 4. The average molecular weight is 364 g/mol. The van der Waals surface area contributed by atoms with Crippen LogP contribution in [0.1, 0.15) is 29.5 Å². The third kappa shape index (κ3) is 2.69. The van der Waals surface area contributed by atoms with Gasteiger partial charge in [-0.1, -0.05) is 18.2 Å².